The van der Waals surface area contributed by atoms with Crippen LogP contribution in [0.3, 0.4) is 0 Å². The molecule has 1 heteroatoms. The van der Waals surface area contributed by atoms with Gasteiger partial charge in [-0.15, -0.1) is 0 Å². The first-order valence-electron chi connectivity index (χ1n) is 4.03. The smallest absolute Gasteiger partial charge is 0.0162 e. The fraction of sp³-hybridized carbons (Fsp3) is 0.400. The highest BCUT2D eigenvalue weighted by atomic mass is 127. The fourth-order valence-electron chi connectivity index (χ4n) is 1.28. The lowest BCUT2D eigenvalue weighted by molar-refractivity contribution is 1.12. The summed E-state index contributed by atoms with van der Waals surface area (Å²) in [5.41, 5.74) is 2.94. The molecule has 0 amide bonds. The standard InChI is InChI=1S/C10H11I/c1-7-2-3-9(6-10(7)11)8-4-5-8/h2-3,6,8H,4-5H2,1H3. The van der Waals surface area contributed by atoms with Crippen LogP contribution >= 0.6 is 22.6 Å². The summed E-state index contributed by atoms with van der Waals surface area (Å²) in [4.78, 5) is 0. The highest BCUT2D eigenvalue weighted by molar-refractivity contribution is 14.1. The molecule has 0 radical (unpaired) electrons. The first-order chi connectivity index (χ1) is 5.27. The van der Waals surface area contributed by atoms with Gasteiger partial charge in [0.15, 0.2) is 0 Å². The Kier molecular flexibility index (Phi) is 1.91. The van der Waals surface area contributed by atoms with Crippen LogP contribution in [0.25, 0.3) is 0 Å². The van der Waals surface area contributed by atoms with Crippen molar-refractivity contribution in [2.75, 3.05) is 0 Å². The van der Waals surface area contributed by atoms with Gasteiger partial charge in [-0.25, -0.2) is 0 Å². The van der Waals surface area contributed by atoms with E-state index in [2.05, 4.69) is 47.7 Å². The molecule has 0 nitrogen and oxygen atoms in total. The molecule has 0 spiro atoms. The second-order valence-corrected chi connectivity index (χ2v) is 4.45. The van der Waals surface area contributed by atoms with Crippen LogP contribution in [0, 0.1) is 10.5 Å². The Morgan fingerprint density at radius 1 is 1.36 bits per heavy atom. The summed E-state index contributed by atoms with van der Waals surface area (Å²) in [7, 11) is 0. The molecular weight excluding hydrogens is 247 g/mol. The lowest BCUT2D eigenvalue weighted by atomic mass is 10.1. The zero-order valence-electron chi connectivity index (χ0n) is 6.60. The van der Waals surface area contributed by atoms with Gasteiger partial charge in [-0.3, -0.25) is 0 Å². The topological polar surface area (TPSA) is 0 Å². The van der Waals surface area contributed by atoms with Crippen LogP contribution in [0.2, 0.25) is 0 Å². The van der Waals surface area contributed by atoms with Crippen LogP contribution in [0.1, 0.15) is 29.9 Å². The molecule has 0 saturated heterocycles. The van der Waals surface area contributed by atoms with Crippen molar-refractivity contribution in [1.82, 2.24) is 0 Å². The van der Waals surface area contributed by atoms with Crippen LogP contribution in [0.4, 0.5) is 0 Å². The van der Waals surface area contributed by atoms with E-state index in [1.165, 1.54) is 22.0 Å². The van der Waals surface area contributed by atoms with Crippen molar-refractivity contribution < 1.29 is 0 Å². The first kappa shape index (κ1) is 7.59. The predicted octanol–water partition coefficient (Wildman–Crippen LogP) is 3.48. The Hall–Kier alpha value is -0.0500. The number of halogens is 1. The van der Waals surface area contributed by atoms with Crippen molar-refractivity contribution in [2.45, 2.75) is 25.7 Å². The molecule has 1 aromatic rings. The molecule has 58 valence electrons. The monoisotopic (exact) mass is 258 g/mol. The quantitative estimate of drug-likeness (QED) is 0.676. The zero-order chi connectivity index (χ0) is 7.84. The Balaban J connectivity index is 2.36. The highest BCUT2D eigenvalue weighted by Gasteiger charge is 2.23. The van der Waals surface area contributed by atoms with Gasteiger partial charge in [0.05, 0.1) is 0 Å². The normalized spacial score (nSPS) is 16.9. The van der Waals surface area contributed by atoms with Gasteiger partial charge < -0.3 is 0 Å². The Labute approximate surface area is 81.1 Å². The summed E-state index contributed by atoms with van der Waals surface area (Å²) < 4.78 is 1.41. The maximum atomic E-state index is 2.41. The molecular formula is C10H11I. The minimum Gasteiger partial charge on any atom is -0.0584 e. The van der Waals surface area contributed by atoms with Gasteiger partial charge in [0.1, 0.15) is 0 Å². The van der Waals surface area contributed by atoms with Crippen molar-refractivity contribution in [3.63, 3.8) is 0 Å². The first-order valence-corrected chi connectivity index (χ1v) is 5.11. The molecule has 0 aromatic heterocycles. The molecule has 11 heavy (non-hydrogen) atoms. The SMILES string of the molecule is Cc1ccc(C2CC2)cc1I. The Morgan fingerprint density at radius 2 is 2.09 bits per heavy atom. The maximum absolute atomic E-state index is 2.41. The summed E-state index contributed by atoms with van der Waals surface area (Å²) in [6, 6.07) is 6.83. The number of hydrogen-bond acceptors (Lipinski definition) is 0. The number of hydrogen-bond donors (Lipinski definition) is 0. The molecule has 1 aliphatic rings. The highest BCUT2D eigenvalue weighted by Crippen LogP contribution is 2.40. The van der Waals surface area contributed by atoms with E-state index in [9.17, 15) is 0 Å². The average molecular weight is 258 g/mol. The molecule has 1 saturated carbocycles. The number of rotatable bonds is 1. The largest absolute Gasteiger partial charge is 0.0584 e. The molecule has 1 fully saturated rings. The van der Waals surface area contributed by atoms with E-state index in [1.807, 2.05) is 0 Å². The van der Waals surface area contributed by atoms with E-state index >= 15 is 0 Å². The summed E-state index contributed by atoms with van der Waals surface area (Å²) in [5.74, 6) is 0.893. The van der Waals surface area contributed by atoms with Crippen molar-refractivity contribution in [3.05, 3.63) is 32.9 Å². The van der Waals surface area contributed by atoms with E-state index in [-0.39, 0.29) is 0 Å². The predicted molar refractivity (Wildman–Crippen MR) is 55.9 cm³/mol. The minimum atomic E-state index is 0.893. The van der Waals surface area contributed by atoms with E-state index in [4.69, 9.17) is 0 Å². The third kappa shape index (κ3) is 1.58. The molecule has 0 unspecified atom stereocenters. The van der Waals surface area contributed by atoms with Crippen LogP contribution < -0.4 is 0 Å². The Bertz CT molecular complexity index is 274. The second-order valence-electron chi connectivity index (χ2n) is 3.28. The number of aryl methyl sites for hydroxylation is 1. The zero-order valence-corrected chi connectivity index (χ0v) is 8.76. The average Bonchev–Trinajstić information content (AvgIpc) is 2.77. The molecule has 0 bridgehead atoms. The van der Waals surface area contributed by atoms with Gasteiger partial charge in [0.2, 0.25) is 0 Å². The second kappa shape index (κ2) is 2.77. The van der Waals surface area contributed by atoms with Crippen molar-refractivity contribution >= 4 is 22.6 Å². The third-order valence-electron chi connectivity index (χ3n) is 2.24. The maximum Gasteiger partial charge on any atom is 0.0162 e. The molecule has 0 aliphatic heterocycles. The van der Waals surface area contributed by atoms with Gasteiger partial charge in [-0.1, -0.05) is 12.1 Å². The molecule has 0 heterocycles. The van der Waals surface area contributed by atoms with Crippen LogP contribution in [0.5, 0.6) is 0 Å². The van der Waals surface area contributed by atoms with Crippen molar-refractivity contribution in [2.24, 2.45) is 0 Å². The van der Waals surface area contributed by atoms with Gasteiger partial charge in [-0.2, -0.15) is 0 Å². The molecule has 0 atom stereocenters. The van der Waals surface area contributed by atoms with Crippen molar-refractivity contribution in [3.8, 4) is 0 Å². The van der Waals surface area contributed by atoms with Crippen LogP contribution in [-0.2, 0) is 0 Å². The van der Waals surface area contributed by atoms with E-state index in [1.54, 1.807) is 5.56 Å². The lowest BCUT2D eigenvalue weighted by Gasteiger charge is -2.01. The van der Waals surface area contributed by atoms with Gasteiger partial charge in [-0.05, 0) is 65.5 Å². The molecule has 1 aliphatic carbocycles. The summed E-state index contributed by atoms with van der Waals surface area (Å²) in [6.07, 6.45) is 2.80. The lowest BCUT2D eigenvalue weighted by Crippen LogP contribution is -1.83. The van der Waals surface area contributed by atoms with E-state index in [0.717, 1.165) is 5.92 Å². The summed E-state index contributed by atoms with van der Waals surface area (Å²) in [5, 5.41) is 0. The Morgan fingerprint density at radius 3 is 2.64 bits per heavy atom. The molecule has 0 N–H and O–H groups in total. The third-order valence-corrected chi connectivity index (χ3v) is 3.41. The van der Waals surface area contributed by atoms with Gasteiger partial charge in [0, 0.05) is 3.57 Å². The summed E-state index contributed by atoms with van der Waals surface area (Å²) >= 11 is 2.41. The molecule has 2 rings (SSSR count). The fourth-order valence-corrected chi connectivity index (χ4v) is 1.82. The van der Waals surface area contributed by atoms with Crippen LogP contribution in [0.15, 0.2) is 18.2 Å². The van der Waals surface area contributed by atoms with Crippen molar-refractivity contribution in [1.29, 1.82) is 0 Å². The van der Waals surface area contributed by atoms with E-state index < -0.39 is 0 Å². The van der Waals surface area contributed by atoms with E-state index in [0.29, 0.717) is 0 Å². The molecule has 1 aromatic carbocycles. The number of benzene rings is 1. The van der Waals surface area contributed by atoms with Crippen LogP contribution in [-0.4, -0.2) is 0 Å². The minimum absolute atomic E-state index is 0.893. The van der Waals surface area contributed by atoms with Gasteiger partial charge >= 0.3 is 0 Å². The van der Waals surface area contributed by atoms with Gasteiger partial charge in [0.25, 0.3) is 0 Å². The summed E-state index contributed by atoms with van der Waals surface area (Å²) in [6.45, 7) is 2.17.